The van der Waals surface area contributed by atoms with Gasteiger partial charge >= 0.3 is 0 Å². The molecule has 6 heteroatoms. The van der Waals surface area contributed by atoms with Gasteiger partial charge in [-0.1, -0.05) is 24.3 Å². The number of methoxy groups -OCH3 is 1. The number of ether oxygens (including phenoxy) is 1. The van der Waals surface area contributed by atoms with E-state index in [0.29, 0.717) is 17.8 Å². The number of primary amides is 1. The normalized spacial score (nSPS) is 11.2. The van der Waals surface area contributed by atoms with Gasteiger partial charge in [-0.25, -0.2) is 0 Å². The molecule has 0 radical (unpaired) electrons. The minimum Gasteiger partial charge on any atom is -0.378 e. The highest BCUT2D eigenvalue weighted by molar-refractivity contribution is 5.93. The zero-order valence-electron chi connectivity index (χ0n) is 13.5. The number of hydrogen-bond acceptors (Lipinski definition) is 4. The van der Waals surface area contributed by atoms with Crippen LogP contribution < -0.4 is 5.73 Å². The lowest BCUT2D eigenvalue weighted by Gasteiger charge is -2.16. The molecule has 1 aromatic heterocycles. The smallest absolute Gasteiger partial charge is 0.252 e. The molecule has 0 saturated carbocycles. The first-order valence-corrected chi connectivity index (χ1v) is 7.23. The zero-order valence-corrected chi connectivity index (χ0v) is 13.5. The first-order chi connectivity index (χ1) is 10.9. The van der Waals surface area contributed by atoms with Gasteiger partial charge < -0.3 is 10.5 Å². The summed E-state index contributed by atoms with van der Waals surface area (Å²) in [7, 11) is 1.56. The largest absolute Gasteiger partial charge is 0.378 e. The molecule has 1 aromatic carbocycles. The van der Waals surface area contributed by atoms with Crippen LogP contribution in [0.5, 0.6) is 0 Å². The number of rotatable bonds is 6. The van der Waals surface area contributed by atoms with E-state index in [9.17, 15) is 10.1 Å². The van der Waals surface area contributed by atoms with Crippen molar-refractivity contribution in [1.29, 1.82) is 5.26 Å². The van der Waals surface area contributed by atoms with Crippen molar-refractivity contribution in [2.45, 2.75) is 32.4 Å². The van der Waals surface area contributed by atoms with Gasteiger partial charge in [0, 0.05) is 7.11 Å². The lowest BCUT2D eigenvalue weighted by molar-refractivity contribution is 0.0994. The second kappa shape index (κ2) is 6.63. The minimum absolute atomic E-state index is 0.262. The van der Waals surface area contributed by atoms with Gasteiger partial charge in [0.1, 0.15) is 0 Å². The second-order valence-electron chi connectivity index (χ2n) is 5.89. The zero-order chi connectivity index (χ0) is 17.0. The van der Waals surface area contributed by atoms with Crippen molar-refractivity contribution < 1.29 is 9.53 Å². The standard InChI is InChI=1S/C17H20N4O2/c1-17(2,11-18)13-6-4-12(5-7-13)9-21-15(10-23-3)14(8-20-21)16(19)22/h4-8H,9-10H2,1-3H3,(H2,19,22). The highest BCUT2D eigenvalue weighted by Crippen LogP contribution is 2.22. The van der Waals surface area contributed by atoms with Gasteiger partial charge in [-0.2, -0.15) is 10.4 Å². The van der Waals surface area contributed by atoms with Crippen LogP contribution >= 0.6 is 0 Å². The molecule has 0 atom stereocenters. The lowest BCUT2D eigenvalue weighted by Crippen LogP contribution is -2.16. The number of nitrogens with two attached hydrogens (primary N) is 1. The Morgan fingerprint density at radius 1 is 1.39 bits per heavy atom. The molecule has 1 amide bonds. The van der Waals surface area contributed by atoms with Crippen LogP contribution in [0.25, 0.3) is 0 Å². The average Bonchev–Trinajstić information content (AvgIpc) is 2.91. The minimum atomic E-state index is -0.523. The maximum absolute atomic E-state index is 11.4. The fourth-order valence-corrected chi connectivity index (χ4v) is 2.31. The fourth-order valence-electron chi connectivity index (χ4n) is 2.31. The molecule has 2 aromatic rings. The quantitative estimate of drug-likeness (QED) is 0.882. The van der Waals surface area contributed by atoms with E-state index in [1.54, 1.807) is 11.8 Å². The third-order valence-corrected chi connectivity index (χ3v) is 3.78. The monoisotopic (exact) mass is 312 g/mol. The van der Waals surface area contributed by atoms with E-state index in [1.165, 1.54) is 6.20 Å². The number of carbonyl (C=O) groups is 1. The van der Waals surface area contributed by atoms with Crippen LogP contribution in [0, 0.1) is 11.3 Å². The summed E-state index contributed by atoms with van der Waals surface area (Å²) < 4.78 is 6.83. The number of hydrogen-bond donors (Lipinski definition) is 1. The summed E-state index contributed by atoms with van der Waals surface area (Å²) in [5, 5.41) is 13.4. The molecule has 0 unspecified atom stereocenters. The summed E-state index contributed by atoms with van der Waals surface area (Å²) in [5.41, 5.74) is 7.83. The van der Waals surface area contributed by atoms with Gasteiger partial charge in [-0.05, 0) is 25.0 Å². The van der Waals surface area contributed by atoms with Crippen molar-refractivity contribution in [2.24, 2.45) is 5.73 Å². The van der Waals surface area contributed by atoms with Crippen molar-refractivity contribution in [2.75, 3.05) is 7.11 Å². The Labute approximate surface area is 135 Å². The summed E-state index contributed by atoms with van der Waals surface area (Å²) in [6, 6.07) is 10.1. The molecule has 0 aliphatic carbocycles. The highest BCUT2D eigenvalue weighted by Gasteiger charge is 2.19. The van der Waals surface area contributed by atoms with Gasteiger partial charge in [-0.15, -0.1) is 0 Å². The molecule has 0 spiro atoms. The maximum atomic E-state index is 11.4. The molecule has 0 bridgehead atoms. The van der Waals surface area contributed by atoms with Gasteiger partial charge in [0.15, 0.2) is 0 Å². The van der Waals surface area contributed by atoms with E-state index in [0.717, 1.165) is 11.1 Å². The van der Waals surface area contributed by atoms with Crippen molar-refractivity contribution in [3.63, 3.8) is 0 Å². The van der Waals surface area contributed by atoms with Crippen molar-refractivity contribution in [3.05, 3.63) is 52.8 Å². The molecule has 0 fully saturated rings. The Kier molecular flexibility index (Phi) is 4.82. The Morgan fingerprint density at radius 2 is 2.04 bits per heavy atom. The maximum Gasteiger partial charge on any atom is 0.252 e. The Bertz CT molecular complexity index is 739. The SMILES string of the molecule is COCc1c(C(N)=O)cnn1Cc1ccc(C(C)(C)C#N)cc1. The molecule has 23 heavy (non-hydrogen) atoms. The molecule has 6 nitrogen and oxygen atoms in total. The molecule has 2 rings (SSSR count). The van der Waals surface area contributed by atoms with Crippen LogP contribution in [-0.2, 0) is 23.3 Å². The van der Waals surface area contributed by atoms with E-state index in [4.69, 9.17) is 10.5 Å². The molecule has 120 valence electrons. The molecule has 0 saturated heterocycles. The van der Waals surface area contributed by atoms with Crippen molar-refractivity contribution in [3.8, 4) is 6.07 Å². The lowest BCUT2D eigenvalue weighted by atomic mass is 9.86. The van der Waals surface area contributed by atoms with Crippen molar-refractivity contribution in [1.82, 2.24) is 9.78 Å². The number of nitriles is 1. The fraction of sp³-hybridized carbons (Fsp3) is 0.353. The van der Waals surface area contributed by atoms with E-state index in [2.05, 4.69) is 11.2 Å². The van der Waals surface area contributed by atoms with Crippen LogP contribution in [0.4, 0.5) is 0 Å². The second-order valence-corrected chi connectivity index (χ2v) is 5.89. The Morgan fingerprint density at radius 3 is 2.57 bits per heavy atom. The first kappa shape index (κ1) is 16.7. The van der Waals surface area contributed by atoms with Crippen LogP contribution in [0.1, 0.15) is 41.0 Å². The average molecular weight is 312 g/mol. The molecule has 0 aliphatic rings. The molecular weight excluding hydrogens is 292 g/mol. The van der Waals surface area contributed by atoms with E-state index in [1.807, 2.05) is 38.1 Å². The van der Waals surface area contributed by atoms with Gasteiger partial charge in [0.2, 0.25) is 0 Å². The van der Waals surface area contributed by atoms with Crippen LogP contribution in [0.15, 0.2) is 30.5 Å². The summed E-state index contributed by atoms with van der Waals surface area (Å²) in [5.74, 6) is -0.519. The number of nitrogens with zero attached hydrogens (tertiary/aromatic N) is 3. The first-order valence-electron chi connectivity index (χ1n) is 7.23. The predicted molar refractivity (Wildman–Crippen MR) is 85.6 cm³/mol. The number of amides is 1. The summed E-state index contributed by atoms with van der Waals surface area (Å²) in [4.78, 5) is 11.4. The molecule has 1 heterocycles. The van der Waals surface area contributed by atoms with Crippen LogP contribution in [-0.4, -0.2) is 22.8 Å². The topological polar surface area (TPSA) is 93.9 Å². The molecule has 0 aliphatic heterocycles. The van der Waals surface area contributed by atoms with Crippen LogP contribution in [0.3, 0.4) is 0 Å². The van der Waals surface area contributed by atoms with E-state index in [-0.39, 0.29) is 6.61 Å². The summed E-state index contributed by atoms with van der Waals surface area (Å²) >= 11 is 0. The van der Waals surface area contributed by atoms with E-state index >= 15 is 0 Å². The third-order valence-electron chi connectivity index (χ3n) is 3.78. The highest BCUT2D eigenvalue weighted by atomic mass is 16.5. The Balaban J connectivity index is 2.26. The van der Waals surface area contributed by atoms with E-state index < -0.39 is 11.3 Å². The number of benzene rings is 1. The summed E-state index contributed by atoms with van der Waals surface area (Å²) in [6.07, 6.45) is 1.46. The summed E-state index contributed by atoms with van der Waals surface area (Å²) in [6.45, 7) is 4.52. The third kappa shape index (κ3) is 3.58. The predicted octanol–water partition coefficient (Wildman–Crippen LogP) is 1.98. The number of carbonyl (C=O) groups excluding carboxylic acids is 1. The van der Waals surface area contributed by atoms with Crippen molar-refractivity contribution >= 4 is 5.91 Å². The van der Waals surface area contributed by atoms with Crippen LogP contribution in [0.2, 0.25) is 0 Å². The van der Waals surface area contributed by atoms with Gasteiger partial charge in [-0.3, -0.25) is 9.48 Å². The Hall–Kier alpha value is -2.65. The molecular formula is C17H20N4O2. The van der Waals surface area contributed by atoms with Gasteiger partial charge in [0.25, 0.3) is 5.91 Å². The van der Waals surface area contributed by atoms with Gasteiger partial charge in [0.05, 0.1) is 42.1 Å². The molecule has 2 N–H and O–H groups in total. The number of aromatic nitrogens is 2.